The average Bonchev–Trinajstić information content (AvgIpc) is 3.43. The molecule has 0 radical (unpaired) electrons. The molecule has 0 saturated heterocycles. The van der Waals surface area contributed by atoms with Crippen LogP contribution in [0.25, 0.3) is 44.5 Å². The molecular formula is C64H62Na2O10. The largest absolute Gasteiger partial charge is 1.00 e. The number of carbonyl (C=O) groups excluding carboxylic acids is 2. The number of aryl methyl sites for hydroxylation is 4. The maximum atomic E-state index is 11.0. The van der Waals surface area contributed by atoms with E-state index in [1.807, 2.05) is 170 Å². The maximum absolute atomic E-state index is 11.0. The molecule has 380 valence electrons. The van der Waals surface area contributed by atoms with Crippen molar-refractivity contribution in [3.05, 3.63) is 204 Å². The second-order valence-electron chi connectivity index (χ2n) is 17.6. The van der Waals surface area contributed by atoms with Crippen LogP contribution < -0.4 is 88.3 Å². The van der Waals surface area contributed by atoms with Gasteiger partial charge in [0.25, 0.3) is 0 Å². The first kappa shape index (κ1) is 60.4. The minimum Gasteiger partial charge on any atom is -0.550 e. The van der Waals surface area contributed by atoms with Crippen LogP contribution in [0.2, 0.25) is 0 Å². The Kier molecular flexibility index (Phi) is 25.0. The van der Waals surface area contributed by atoms with Crippen molar-refractivity contribution in [3.8, 4) is 79.0 Å². The topological polar surface area (TPSA) is 158 Å². The summed E-state index contributed by atoms with van der Waals surface area (Å²) in [5.74, 6) is 0.874. The molecule has 0 unspecified atom stereocenters. The van der Waals surface area contributed by atoms with Crippen LogP contribution in [0.15, 0.2) is 182 Å². The first-order valence-electron chi connectivity index (χ1n) is 25.2. The van der Waals surface area contributed by atoms with Crippen molar-refractivity contribution in [2.45, 2.75) is 65.2 Å². The predicted molar refractivity (Wildman–Crippen MR) is 287 cm³/mol. The van der Waals surface area contributed by atoms with Crippen LogP contribution in [0.3, 0.4) is 0 Å². The van der Waals surface area contributed by atoms with Crippen molar-refractivity contribution in [2.24, 2.45) is 0 Å². The van der Waals surface area contributed by atoms with E-state index in [1.165, 1.54) is 0 Å². The number of aromatic hydroxyl groups is 2. The molecule has 8 aromatic carbocycles. The summed E-state index contributed by atoms with van der Waals surface area (Å²) in [5, 5.41) is 43.2. The molecule has 0 heterocycles. The van der Waals surface area contributed by atoms with Crippen LogP contribution in [-0.2, 0) is 35.3 Å². The smallest absolute Gasteiger partial charge is 0.550 e. The van der Waals surface area contributed by atoms with Gasteiger partial charge in [0.15, 0.2) is 0 Å². The Bertz CT molecular complexity index is 2850. The summed E-state index contributed by atoms with van der Waals surface area (Å²) in [6, 6.07) is 58.6. The number of aliphatic carboxylic acids is 2. The summed E-state index contributed by atoms with van der Waals surface area (Å²) in [7, 11) is 0. The molecule has 0 fully saturated rings. The van der Waals surface area contributed by atoms with Gasteiger partial charge in [-0.3, -0.25) is 0 Å². The summed E-state index contributed by atoms with van der Waals surface area (Å²) in [6.07, 6.45) is 3.37. The quantitative estimate of drug-likeness (QED) is 0.0574. The molecule has 0 spiro atoms. The maximum Gasteiger partial charge on any atom is 1.00 e. The summed E-state index contributed by atoms with van der Waals surface area (Å²) < 4.78 is 24.2. The zero-order valence-corrected chi connectivity index (χ0v) is 48.0. The van der Waals surface area contributed by atoms with Crippen molar-refractivity contribution in [2.75, 3.05) is 26.4 Å². The Labute approximate surface area is 490 Å². The van der Waals surface area contributed by atoms with E-state index in [4.69, 9.17) is 18.9 Å². The number of benzene rings is 8. The fourth-order valence-electron chi connectivity index (χ4n) is 8.48. The van der Waals surface area contributed by atoms with Crippen LogP contribution in [0, 0.1) is 0 Å². The van der Waals surface area contributed by atoms with E-state index in [0.29, 0.717) is 75.1 Å². The van der Waals surface area contributed by atoms with E-state index in [0.717, 1.165) is 79.6 Å². The molecule has 76 heavy (non-hydrogen) atoms. The summed E-state index contributed by atoms with van der Waals surface area (Å²) in [5.41, 5.74) is 11.3. The first-order chi connectivity index (χ1) is 36.1. The molecule has 0 saturated carbocycles. The molecule has 2 N–H and O–H groups in total. The monoisotopic (exact) mass is 1040 g/mol. The predicted octanol–water partition coefficient (Wildman–Crippen LogP) is 5.65. The number of ether oxygens (including phenoxy) is 4. The molecule has 10 nitrogen and oxygen atoms in total. The normalized spacial score (nSPS) is 10.4. The molecule has 0 aliphatic heterocycles. The van der Waals surface area contributed by atoms with Crippen LogP contribution in [0.5, 0.6) is 34.5 Å². The standard InChI is InChI=1S/2C32H32O5.2Na/c2*1-2-23-20-28(25-12-7-4-8-13-25)29(33)22-31(23)37-19-9-18-36-30-21-27(24-10-5-3-6-11-24)15-14-26(30)16-17-32(34)35;;/h2*3-8,10-15,20-22,33H,2,9,16-19H2,1H3,(H,34,35);;/q;;2*+1/p-2. The third-order valence-electron chi connectivity index (χ3n) is 12.4. The van der Waals surface area contributed by atoms with Gasteiger partial charge in [-0.2, -0.15) is 0 Å². The van der Waals surface area contributed by atoms with Crippen molar-refractivity contribution in [1.82, 2.24) is 0 Å². The van der Waals surface area contributed by atoms with Gasteiger partial charge in [-0.05, 0) is 118 Å². The number of rotatable bonds is 24. The van der Waals surface area contributed by atoms with Gasteiger partial charge in [0, 0.05) is 48.0 Å². The third kappa shape index (κ3) is 17.8. The molecule has 8 aromatic rings. The van der Waals surface area contributed by atoms with E-state index < -0.39 is 11.9 Å². The third-order valence-corrected chi connectivity index (χ3v) is 12.4. The number of hydrogen-bond acceptors (Lipinski definition) is 10. The average molecular weight is 1040 g/mol. The molecule has 0 amide bonds. The van der Waals surface area contributed by atoms with Crippen molar-refractivity contribution >= 4 is 11.9 Å². The zero-order chi connectivity index (χ0) is 52.1. The van der Waals surface area contributed by atoms with Crippen molar-refractivity contribution in [1.29, 1.82) is 0 Å². The fraction of sp³-hybridized carbons (Fsp3) is 0.219. The van der Waals surface area contributed by atoms with Crippen LogP contribution >= 0.6 is 0 Å². The second-order valence-corrected chi connectivity index (χ2v) is 17.6. The first-order valence-corrected chi connectivity index (χ1v) is 25.2. The van der Waals surface area contributed by atoms with Gasteiger partial charge in [0.05, 0.1) is 26.4 Å². The number of phenols is 2. The molecule has 0 bridgehead atoms. The molecule has 12 heteroatoms. The number of phenolic OH excluding ortho intramolecular Hbond substituents is 2. The molecule has 0 aliphatic carbocycles. The van der Waals surface area contributed by atoms with Gasteiger partial charge in [0.2, 0.25) is 0 Å². The second kappa shape index (κ2) is 31.5. The Morgan fingerprint density at radius 3 is 0.987 bits per heavy atom. The Balaban J connectivity index is 0.000000274. The van der Waals surface area contributed by atoms with Crippen molar-refractivity contribution < 1.29 is 108 Å². The molecule has 0 aromatic heterocycles. The number of carbonyl (C=O) groups is 2. The Morgan fingerprint density at radius 2 is 0.684 bits per heavy atom. The number of hydrogen-bond donors (Lipinski definition) is 2. The summed E-state index contributed by atoms with van der Waals surface area (Å²) in [6.45, 7) is 5.78. The van der Waals surface area contributed by atoms with Gasteiger partial charge in [-0.15, -0.1) is 0 Å². The van der Waals surface area contributed by atoms with E-state index >= 15 is 0 Å². The van der Waals surface area contributed by atoms with E-state index in [1.54, 1.807) is 12.1 Å². The van der Waals surface area contributed by atoms with Gasteiger partial charge >= 0.3 is 59.1 Å². The van der Waals surface area contributed by atoms with Crippen molar-refractivity contribution in [3.63, 3.8) is 0 Å². The number of carboxylic acids is 2. The van der Waals surface area contributed by atoms with Crippen LogP contribution in [0.4, 0.5) is 0 Å². The van der Waals surface area contributed by atoms with E-state index in [2.05, 4.69) is 13.8 Å². The molecule has 8 rings (SSSR count). The summed E-state index contributed by atoms with van der Waals surface area (Å²) >= 11 is 0. The van der Waals surface area contributed by atoms with Crippen LogP contribution in [0.1, 0.15) is 61.8 Å². The molecular weight excluding hydrogens is 975 g/mol. The van der Waals surface area contributed by atoms with Gasteiger partial charge in [-0.25, -0.2) is 0 Å². The molecule has 0 atom stereocenters. The van der Waals surface area contributed by atoms with Gasteiger partial charge in [0.1, 0.15) is 34.5 Å². The van der Waals surface area contributed by atoms with Gasteiger partial charge in [-0.1, -0.05) is 159 Å². The van der Waals surface area contributed by atoms with Gasteiger partial charge < -0.3 is 49.0 Å². The Morgan fingerprint density at radius 1 is 0.382 bits per heavy atom. The SMILES string of the molecule is CCc1cc(-c2ccccc2)c(O)cc1OCCCOc1cc(-c2ccccc2)ccc1CCC(=O)[O-].CCc1cc(-c2ccccc2)c(O)cc1OCCCOc1cc(-c2ccccc2)ccc1CCC(=O)[O-].[Na+].[Na+]. The van der Waals surface area contributed by atoms with E-state index in [-0.39, 0.29) is 83.5 Å². The van der Waals surface area contributed by atoms with Crippen LogP contribution in [-0.4, -0.2) is 48.6 Å². The fourth-order valence-corrected chi connectivity index (χ4v) is 8.48. The minimum absolute atomic E-state index is 0. The minimum atomic E-state index is -1.08. The van der Waals surface area contributed by atoms with E-state index in [9.17, 15) is 30.0 Å². The zero-order valence-electron chi connectivity index (χ0n) is 44.0. The summed E-state index contributed by atoms with van der Waals surface area (Å²) in [4.78, 5) is 22.0. The molecule has 0 aliphatic rings. The Hall–Kier alpha value is -6.50. The number of carboxylic acid groups (broad SMARTS) is 2.